The lowest BCUT2D eigenvalue weighted by Crippen LogP contribution is -2.72. The molecule has 2 bridgehead atoms. The number of hydrogen-bond donors (Lipinski definition) is 2. The van der Waals surface area contributed by atoms with Crippen molar-refractivity contribution in [3.8, 4) is 11.5 Å². The molecule has 4 aliphatic rings. The van der Waals surface area contributed by atoms with E-state index in [1.807, 2.05) is 6.08 Å². The first-order chi connectivity index (χ1) is 11.5. The summed E-state index contributed by atoms with van der Waals surface area (Å²) in [4.78, 5) is 2.56. The number of likely N-dealkylation sites (tertiary alicyclic amines) is 1. The zero-order chi connectivity index (χ0) is 16.7. The van der Waals surface area contributed by atoms with E-state index in [2.05, 4.69) is 24.5 Å². The molecule has 128 valence electrons. The number of piperidine rings is 1. The lowest BCUT2D eigenvalue weighted by atomic mass is 9.44. The topological polar surface area (TPSA) is 52.9 Å². The highest BCUT2D eigenvalue weighted by Crippen LogP contribution is 2.68. The molecule has 2 aliphatic heterocycles. The number of ether oxygens (including phenoxy) is 1. The maximum atomic E-state index is 10.7. The molecule has 24 heavy (non-hydrogen) atoms. The molecule has 2 N–H and O–H groups in total. The molecule has 0 aromatic heterocycles. The molecule has 4 heteroatoms. The predicted octanol–water partition coefficient (Wildman–Crippen LogP) is 2.37. The van der Waals surface area contributed by atoms with Crippen LogP contribution >= 0.6 is 0 Å². The third kappa shape index (κ3) is 1.44. The van der Waals surface area contributed by atoms with Gasteiger partial charge >= 0.3 is 0 Å². The average Bonchev–Trinajstić information content (AvgIpc) is 2.91. The van der Waals surface area contributed by atoms with Gasteiger partial charge in [-0.15, -0.1) is 6.58 Å². The molecule has 1 saturated carbocycles. The van der Waals surface area contributed by atoms with Gasteiger partial charge in [0, 0.05) is 23.6 Å². The number of aromatic hydroxyl groups is 1. The van der Waals surface area contributed by atoms with Gasteiger partial charge in [0.25, 0.3) is 0 Å². The van der Waals surface area contributed by atoms with Crippen LogP contribution in [0.4, 0.5) is 0 Å². The summed E-state index contributed by atoms with van der Waals surface area (Å²) in [6, 6.07) is 4.25. The Morgan fingerprint density at radius 2 is 2.25 bits per heavy atom. The zero-order valence-corrected chi connectivity index (χ0v) is 14.2. The van der Waals surface area contributed by atoms with Crippen molar-refractivity contribution >= 4 is 0 Å². The molecule has 0 radical (unpaired) electrons. The molecular weight excluding hydrogens is 302 g/mol. The van der Waals surface area contributed by atoms with Crippen LogP contribution in [0, 0.1) is 5.41 Å². The fraction of sp³-hybridized carbons (Fsp3) is 0.600. The lowest BCUT2D eigenvalue weighted by molar-refractivity contribution is -0.150. The molecule has 1 aromatic rings. The quantitative estimate of drug-likeness (QED) is 0.819. The van der Waals surface area contributed by atoms with E-state index in [1.165, 1.54) is 11.1 Å². The molecule has 2 heterocycles. The second-order valence-corrected chi connectivity index (χ2v) is 8.23. The van der Waals surface area contributed by atoms with E-state index in [1.54, 1.807) is 6.07 Å². The minimum absolute atomic E-state index is 0.0597. The first kappa shape index (κ1) is 14.8. The average molecular weight is 327 g/mol. The molecule has 4 nitrogen and oxygen atoms in total. The molecule has 5 atom stereocenters. The highest BCUT2D eigenvalue weighted by atomic mass is 16.5. The van der Waals surface area contributed by atoms with Gasteiger partial charge in [0.05, 0.1) is 6.10 Å². The third-order valence-electron chi connectivity index (χ3n) is 7.47. The number of aliphatic hydroxyl groups is 1. The summed E-state index contributed by atoms with van der Waals surface area (Å²) >= 11 is 0. The van der Waals surface area contributed by atoms with Gasteiger partial charge < -0.3 is 14.9 Å². The minimum Gasteiger partial charge on any atom is -0.504 e. The standard InChI is InChI=1S/C20H25NO3/c1-3-9-21-10-8-20-16-12-4-5-13(22)17(16)24-18(20)14(23)6-7-19(20,2)15(21)11-12/h3-5,14-15,18,22-23H,1,6-11H2,2H3/t14-,15?,18?,19-,20-/m0/s1. The van der Waals surface area contributed by atoms with E-state index >= 15 is 0 Å². The molecule has 2 fully saturated rings. The van der Waals surface area contributed by atoms with E-state index in [0.717, 1.165) is 38.8 Å². The maximum Gasteiger partial charge on any atom is 0.165 e. The zero-order valence-electron chi connectivity index (χ0n) is 14.2. The number of nitrogens with zero attached hydrogens (tertiary/aromatic N) is 1. The SMILES string of the molecule is C=CCN1CC[C@]23c4c5ccc(O)c4OC2[C@@H](O)CC[C@@]3(C)C1C5. The van der Waals surface area contributed by atoms with Crippen molar-refractivity contribution < 1.29 is 14.9 Å². The van der Waals surface area contributed by atoms with Crippen molar-refractivity contribution in [1.82, 2.24) is 4.90 Å². The normalized spacial score (nSPS) is 42.3. The van der Waals surface area contributed by atoms with Crippen LogP contribution in [-0.4, -0.2) is 46.5 Å². The number of aliphatic hydroxyl groups excluding tert-OH is 1. The van der Waals surface area contributed by atoms with E-state index in [4.69, 9.17) is 4.74 Å². The Morgan fingerprint density at radius 3 is 3.04 bits per heavy atom. The largest absolute Gasteiger partial charge is 0.504 e. The van der Waals surface area contributed by atoms with Gasteiger partial charge in [0.15, 0.2) is 11.5 Å². The fourth-order valence-electron chi connectivity index (χ4n) is 6.44. The van der Waals surface area contributed by atoms with Gasteiger partial charge in [-0.2, -0.15) is 0 Å². The lowest BCUT2D eigenvalue weighted by Gasteiger charge is -2.65. The Kier molecular flexibility index (Phi) is 2.81. The third-order valence-corrected chi connectivity index (χ3v) is 7.47. The number of phenolic OH excluding ortho intramolecular Hbond substituents is 1. The summed E-state index contributed by atoms with van der Waals surface area (Å²) in [5.74, 6) is 0.861. The second-order valence-electron chi connectivity index (χ2n) is 8.23. The van der Waals surface area contributed by atoms with Gasteiger partial charge in [-0.25, -0.2) is 0 Å². The summed E-state index contributed by atoms with van der Waals surface area (Å²) in [7, 11) is 0. The Hall–Kier alpha value is -1.52. The molecule has 2 aliphatic carbocycles. The summed E-state index contributed by atoms with van der Waals surface area (Å²) in [5, 5.41) is 21.1. The molecule has 1 spiro atoms. The Balaban J connectivity index is 1.78. The van der Waals surface area contributed by atoms with E-state index in [0.29, 0.717) is 11.8 Å². The minimum atomic E-state index is -0.456. The number of rotatable bonds is 2. The molecule has 2 unspecified atom stereocenters. The maximum absolute atomic E-state index is 10.7. The number of hydrogen-bond acceptors (Lipinski definition) is 4. The van der Waals surface area contributed by atoms with Crippen LogP contribution in [0.15, 0.2) is 24.8 Å². The van der Waals surface area contributed by atoms with Gasteiger partial charge in [0.1, 0.15) is 6.10 Å². The fourth-order valence-corrected chi connectivity index (χ4v) is 6.44. The van der Waals surface area contributed by atoms with Gasteiger partial charge in [-0.3, -0.25) is 4.90 Å². The van der Waals surface area contributed by atoms with Crippen molar-refractivity contribution in [2.24, 2.45) is 5.41 Å². The monoisotopic (exact) mass is 327 g/mol. The first-order valence-corrected chi connectivity index (χ1v) is 9.08. The summed E-state index contributed by atoms with van der Waals surface area (Å²) in [5.41, 5.74) is 2.37. The molecule has 0 amide bonds. The van der Waals surface area contributed by atoms with Crippen LogP contribution in [0.3, 0.4) is 0 Å². The summed E-state index contributed by atoms with van der Waals surface area (Å²) in [6.07, 6.45) is 5.04. The van der Waals surface area contributed by atoms with Crippen LogP contribution in [0.25, 0.3) is 0 Å². The number of benzene rings is 1. The van der Waals surface area contributed by atoms with Crippen molar-refractivity contribution in [3.05, 3.63) is 35.9 Å². The number of phenols is 1. The highest BCUT2D eigenvalue weighted by Gasteiger charge is 2.70. The predicted molar refractivity (Wildman–Crippen MR) is 91.4 cm³/mol. The smallest absolute Gasteiger partial charge is 0.165 e. The Labute approximate surface area is 142 Å². The molecule has 5 rings (SSSR count). The first-order valence-electron chi connectivity index (χ1n) is 9.08. The van der Waals surface area contributed by atoms with Crippen molar-refractivity contribution in [2.75, 3.05) is 13.1 Å². The summed E-state index contributed by atoms with van der Waals surface area (Å²) < 4.78 is 6.24. The summed E-state index contributed by atoms with van der Waals surface area (Å²) in [6.45, 7) is 8.23. The molecule has 1 aromatic carbocycles. The molecule has 1 saturated heterocycles. The van der Waals surface area contributed by atoms with Crippen molar-refractivity contribution in [3.63, 3.8) is 0 Å². The van der Waals surface area contributed by atoms with E-state index < -0.39 is 6.10 Å². The van der Waals surface area contributed by atoms with Gasteiger partial charge in [-0.05, 0) is 49.3 Å². The Morgan fingerprint density at radius 1 is 1.42 bits per heavy atom. The van der Waals surface area contributed by atoms with Crippen LogP contribution in [0.2, 0.25) is 0 Å². The van der Waals surface area contributed by atoms with Crippen molar-refractivity contribution in [2.45, 2.75) is 56.3 Å². The highest BCUT2D eigenvalue weighted by molar-refractivity contribution is 5.61. The van der Waals surface area contributed by atoms with E-state index in [-0.39, 0.29) is 22.7 Å². The van der Waals surface area contributed by atoms with Crippen LogP contribution in [0.5, 0.6) is 11.5 Å². The van der Waals surface area contributed by atoms with Crippen molar-refractivity contribution in [1.29, 1.82) is 0 Å². The van der Waals surface area contributed by atoms with Crippen LogP contribution in [0.1, 0.15) is 37.3 Å². The molecular formula is C20H25NO3. The van der Waals surface area contributed by atoms with E-state index in [9.17, 15) is 10.2 Å². The van der Waals surface area contributed by atoms with Gasteiger partial charge in [-0.1, -0.05) is 19.1 Å². The Bertz CT molecular complexity index is 732. The van der Waals surface area contributed by atoms with Crippen LogP contribution in [-0.2, 0) is 11.8 Å². The van der Waals surface area contributed by atoms with Gasteiger partial charge in [0.2, 0.25) is 0 Å². The second kappa shape index (κ2) is 4.55. The van der Waals surface area contributed by atoms with Crippen LogP contribution < -0.4 is 4.74 Å².